The van der Waals surface area contributed by atoms with Gasteiger partial charge in [-0.3, -0.25) is 4.79 Å². The van der Waals surface area contributed by atoms with Crippen molar-refractivity contribution in [1.29, 1.82) is 0 Å². The van der Waals surface area contributed by atoms with E-state index in [1.54, 1.807) is 0 Å². The number of nitrogens with one attached hydrogen (secondary N) is 1. The van der Waals surface area contributed by atoms with Gasteiger partial charge in [-0.15, -0.1) is 0 Å². The van der Waals surface area contributed by atoms with Crippen molar-refractivity contribution < 1.29 is 13.2 Å². The summed E-state index contributed by atoms with van der Waals surface area (Å²) in [4.78, 5) is 12.1. The molecule has 1 aromatic rings. The van der Waals surface area contributed by atoms with Crippen molar-refractivity contribution in [2.75, 3.05) is 6.54 Å². The molecule has 21 heavy (non-hydrogen) atoms. The first kappa shape index (κ1) is 17.9. The third-order valence-corrected chi connectivity index (χ3v) is 4.85. The quantitative estimate of drug-likeness (QED) is 0.867. The highest BCUT2D eigenvalue weighted by atomic mass is 35.5. The molecule has 0 aromatic heterocycles. The molecule has 0 saturated carbocycles. The highest BCUT2D eigenvalue weighted by molar-refractivity contribution is 7.89. The summed E-state index contributed by atoms with van der Waals surface area (Å²) in [7, 11) is -3.92. The minimum absolute atomic E-state index is 0.128. The number of sulfonamides is 1. The smallest absolute Gasteiger partial charge is 0.251 e. The van der Waals surface area contributed by atoms with Crippen LogP contribution in [0.1, 0.15) is 36.7 Å². The minimum atomic E-state index is -3.92. The molecule has 5 nitrogen and oxygen atoms in total. The Morgan fingerprint density at radius 2 is 1.90 bits per heavy atom. The van der Waals surface area contributed by atoms with Crippen LogP contribution in [0.15, 0.2) is 17.0 Å². The molecule has 0 heterocycles. The number of primary sulfonamides is 1. The molecule has 118 valence electrons. The number of hydrogen-bond acceptors (Lipinski definition) is 3. The second-order valence-corrected chi connectivity index (χ2v) is 7.52. The van der Waals surface area contributed by atoms with Gasteiger partial charge in [0.15, 0.2) is 0 Å². The average Bonchev–Trinajstić information content (AvgIpc) is 2.36. The topological polar surface area (TPSA) is 89.3 Å². The third-order valence-electron chi connectivity index (χ3n) is 3.60. The Hall–Kier alpha value is -1.11. The van der Waals surface area contributed by atoms with Crippen LogP contribution in [0, 0.1) is 18.8 Å². The molecule has 0 radical (unpaired) electrons. The lowest BCUT2D eigenvalue weighted by Gasteiger charge is -2.17. The number of hydrogen-bond donors (Lipinski definition) is 2. The maximum absolute atomic E-state index is 12.2. The first-order chi connectivity index (χ1) is 9.54. The molecule has 0 fully saturated rings. The summed E-state index contributed by atoms with van der Waals surface area (Å²) in [5.74, 6) is 0.393. The van der Waals surface area contributed by atoms with Crippen molar-refractivity contribution in [3.63, 3.8) is 0 Å². The van der Waals surface area contributed by atoms with Crippen molar-refractivity contribution in [3.8, 4) is 0 Å². The number of benzene rings is 1. The van der Waals surface area contributed by atoms with Gasteiger partial charge >= 0.3 is 0 Å². The second-order valence-electron chi connectivity index (χ2n) is 5.55. The molecule has 0 aliphatic carbocycles. The summed E-state index contributed by atoms with van der Waals surface area (Å²) in [6.07, 6.45) is 0. The Kier molecular flexibility index (Phi) is 5.78. The molecule has 7 heteroatoms. The zero-order valence-corrected chi connectivity index (χ0v) is 14.2. The summed E-state index contributed by atoms with van der Waals surface area (Å²) in [5.41, 5.74) is 0.527. The molecule has 1 rings (SSSR count). The molecule has 1 aromatic carbocycles. The second kappa shape index (κ2) is 6.77. The standard InChI is InChI=1S/C14H21ClN2O3S/c1-8(2)9(3)7-17-14(18)12-5-11(15)6-13(10(12)4)21(16,19)20/h5-6,8-9H,7H2,1-4H3,(H,17,18)(H2,16,19,20). The van der Waals surface area contributed by atoms with E-state index >= 15 is 0 Å². The van der Waals surface area contributed by atoms with E-state index in [0.717, 1.165) is 0 Å². The van der Waals surface area contributed by atoms with Gasteiger partial charge in [-0.2, -0.15) is 0 Å². The SMILES string of the molecule is Cc1c(C(=O)NCC(C)C(C)C)cc(Cl)cc1S(N)(=O)=O. The number of nitrogens with two attached hydrogens (primary N) is 1. The predicted octanol–water partition coefficient (Wildman–Crippen LogP) is 2.32. The van der Waals surface area contributed by atoms with Gasteiger partial charge in [0.2, 0.25) is 10.0 Å². The number of rotatable bonds is 5. The highest BCUT2D eigenvalue weighted by Gasteiger charge is 2.20. The summed E-state index contributed by atoms with van der Waals surface area (Å²) < 4.78 is 23.0. The Labute approximate surface area is 130 Å². The van der Waals surface area contributed by atoms with Crippen LogP contribution in [0.25, 0.3) is 0 Å². The lowest BCUT2D eigenvalue weighted by atomic mass is 9.98. The monoisotopic (exact) mass is 332 g/mol. The van der Waals surface area contributed by atoms with Crippen molar-refractivity contribution in [3.05, 3.63) is 28.3 Å². The summed E-state index contributed by atoms with van der Waals surface area (Å²) in [6, 6.07) is 2.70. The molecule has 0 aliphatic heterocycles. The lowest BCUT2D eigenvalue weighted by molar-refractivity contribution is 0.0944. The molecule has 1 amide bonds. The Bertz CT molecular complexity index is 642. The predicted molar refractivity (Wildman–Crippen MR) is 83.9 cm³/mol. The summed E-state index contributed by atoms with van der Waals surface area (Å²) in [6.45, 7) is 8.22. The molecular weight excluding hydrogens is 312 g/mol. The molecule has 0 bridgehead atoms. The van der Waals surface area contributed by atoms with Gasteiger partial charge in [-0.1, -0.05) is 32.4 Å². The maximum Gasteiger partial charge on any atom is 0.251 e. The minimum Gasteiger partial charge on any atom is -0.352 e. The summed E-state index contributed by atoms with van der Waals surface area (Å²) in [5, 5.41) is 8.09. The van der Waals surface area contributed by atoms with E-state index in [0.29, 0.717) is 23.9 Å². The van der Waals surface area contributed by atoms with Crippen LogP contribution in [0.2, 0.25) is 5.02 Å². The van der Waals surface area contributed by atoms with Gasteiger partial charge in [0, 0.05) is 17.1 Å². The lowest BCUT2D eigenvalue weighted by Crippen LogP contribution is -2.31. The van der Waals surface area contributed by atoms with Gasteiger partial charge in [0.05, 0.1) is 4.90 Å². The largest absolute Gasteiger partial charge is 0.352 e. The van der Waals surface area contributed by atoms with Crippen LogP contribution in [0.3, 0.4) is 0 Å². The average molecular weight is 333 g/mol. The van der Waals surface area contributed by atoms with Crippen LogP contribution in [-0.2, 0) is 10.0 Å². The van der Waals surface area contributed by atoms with E-state index in [1.807, 2.05) is 6.92 Å². The number of halogens is 1. The Morgan fingerprint density at radius 1 is 1.33 bits per heavy atom. The third kappa shape index (κ3) is 4.69. The summed E-state index contributed by atoms with van der Waals surface area (Å²) >= 11 is 5.89. The van der Waals surface area contributed by atoms with E-state index in [-0.39, 0.29) is 21.4 Å². The molecule has 1 atom stereocenters. The van der Waals surface area contributed by atoms with Gasteiger partial charge in [-0.25, -0.2) is 13.6 Å². The van der Waals surface area contributed by atoms with E-state index in [1.165, 1.54) is 19.1 Å². The Balaban J connectivity index is 3.08. The van der Waals surface area contributed by atoms with Crippen molar-refractivity contribution >= 4 is 27.5 Å². The first-order valence-corrected chi connectivity index (χ1v) is 8.57. The van der Waals surface area contributed by atoms with Crippen LogP contribution in [0.4, 0.5) is 0 Å². The van der Waals surface area contributed by atoms with Crippen LogP contribution in [0.5, 0.6) is 0 Å². The van der Waals surface area contributed by atoms with Crippen molar-refractivity contribution in [2.45, 2.75) is 32.6 Å². The Morgan fingerprint density at radius 3 is 2.38 bits per heavy atom. The van der Waals surface area contributed by atoms with E-state index in [9.17, 15) is 13.2 Å². The molecule has 3 N–H and O–H groups in total. The van der Waals surface area contributed by atoms with Crippen LogP contribution >= 0.6 is 11.6 Å². The normalized spacial score (nSPS) is 13.3. The maximum atomic E-state index is 12.2. The number of amides is 1. The first-order valence-electron chi connectivity index (χ1n) is 6.65. The fourth-order valence-electron chi connectivity index (χ4n) is 1.77. The molecule has 1 unspecified atom stereocenters. The van der Waals surface area contributed by atoms with Crippen molar-refractivity contribution in [2.24, 2.45) is 17.0 Å². The molecule has 0 aliphatic rings. The number of carbonyl (C=O) groups excluding carboxylic acids is 1. The van der Waals surface area contributed by atoms with Crippen LogP contribution < -0.4 is 10.5 Å². The molecule has 0 saturated heterocycles. The molecular formula is C14H21ClN2O3S. The number of carbonyl (C=O) groups is 1. The van der Waals surface area contributed by atoms with Gasteiger partial charge in [0.1, 0.15) is 0 Å². The van der Waals surface area contributed by atoms with Gasteiger partial charge in [0.25, 0.3) is 5.91 Å². The van der Waals surface area contributed by atoms with E-state index in [4.69, 9.17) is 16.7 Å². The van der Waals surface area contributed by atoms with Gasteiger partial charge in [-0.05, 0) is 36.5 Å². The van der Waals surface area contributed by atoms with Crippen LogP contribution in [-0.4, -0.2) is 20.9 Å². The zero-order valence-electron chi connectivity index (χ0n) is 12.6. The fraction of sp³-hybridized carbons (Fsp3) is 0.500. The van der Waals surface area contributed by atoms with E-state index in [2.05, 4.69) is 19.2 Å². The fourth-order valence-corrected chi connectivity index (χ4v) is 2.88. The van der Waals surface area contributed by atoms with Crippen molar-refractivity contribution in [1.82, 2.24) is 5.32 Å². The zero-order chi connectivity index (χ0) is 16.4. The highest BCUT2D eigenvalue weighted by Crippen LogP contribution is 2.23. The van der Waals surface area contributed by atoms with E-state index < -0.39 is 10.0 Å². The van der Waals surface area contributed by atoms with Gasteiger partial charge < -0.3 is 5.32 Å². The molecule has 0 spiro atoms.